The van der Waals surface area contributed by atoms with Crippen molar-refractivity contribution in [3.05, 3.63) is 77.3 Å². The zero-order chi connectivity index (χ0) is 18.8. The topological polar surface area (TPSA) is 63.5 Å². The van der Waals surface area contributed by atoms with Crippen molar-refractivity contribution >= 4 is 33.9 Å². The second-order valence-corrected chi connectivity index (χ2v) is 7.13. The van der Waals surface area contributed by atoms with E-state index in [0.717, 1.165) is 32.9 Å². The van der Waals surface area contributed by atoms with Crippen molar-refractivity contribution in [1.82, 2.24) is 4.57 Å². The van der Waals surface area contributed by atoms with Gasteiger partial charge in [0.25, 0.3) is 0 Å². The van der Waals surface area contributed by atoms with E-state index in [0.29, 0.717) is 11.4 Å². The van der Waals surface area contributed by atoms with Crippen LogP contribution in [0.5, 0.6) is 5.75 Å². The number of para-hydroxylation sites is 1. The van der Waals surface area contributed by atoms with E-state index < -0.39 is 5.97 Å². The number of carboxylic acids is 1. The maximum atomic E-state index is 11.2. The van der Waals surface area contributed by atoms with E-state index >= 15 is 0 Å². The third kappa shape index (κ3) is 3.39. The highest BCUT2D eigenvalue weighted by atomic mass is 32.1. The molecule has 27 heavy (non-hydrogen) atoms. The second kappa shape index (κ2) is 7.17. The Labute approximate surface area is 160 Å². The van der Waals surface area contributed by atoms with Gasteiger partial charge in [-0.2, -0.15) is 0 Å². The van der Waals surface area contributed by atoms with Crippen LogP contribution in [0.15, 0.2) is 66.9 Å². The van der Waals surface area contributed by atoms with Crippen molar-refractivity contribution < 1.29 is 14.6 Å². The quantitative estimate of drug-likeness (QED) is 0.495. The Hall–Kier alpha value is -3.25. The monoisotopic (exact) mass is 378 g/mol. The lowest BCUT2D eigenvalue weighted by atomic mass is 10.2. The molecule has 136 valence electrons. The molecule has 0 spiro atoms. The van der Waals surface area contributed by atoms with Crippen molar-refractivity contribution in [3.8, 4) is 10.8 Å². The summed E-state index contributed by atoms with van der Waals surface area (Å²) in [5.74, 6) is -0.0927. The molecule has 0 saturated heterocycles. The molecule has 4 aromatic rings. The van der Waals surface area contributed by atoms with Crippen LogP contribution >= 0.6 is 11.3 Å². The van der Waals surface area contributed by atoms with E-state index in [4.69, 9.17) is 4.74 Å². The predicted molar refractivity (Wildman–Crippen MR) is 108 cm³/mol. The normalized spacial score (nSPS) is 10.9. The predicted octanol–water partition coefficient (Wildman–Crippen LogP) is 5.01. The van der Waals surface area contributed by atoms with Crippen LogP contribution in [0.3, 0.4) is 0 Å². The van der Waals surface area contributed by atoms with Crippen LogP contribution < -0.4 is 10.1 Å². The Morgan fingerprint density at radius 2 is 2.00 bits per heavy atom. The summed E-state index contributed by atoms with van der Waals surface area (Å²) in [5, 5.41) is 14.7. The maximum Gasteiger partial charge on any atom is 0.345 e. The average molecular weight is 378 g/mol. The molecule has 0 saturated carbocycles. The summed E-state index contributed by atoms with van der Waals surface area (Å²) >= 11 is 1.27. The molecule has 0 atom stereocenters. The SMILES string of the molecule is COc1cccc(NCc2cn(-c3ccc(C(=O)O)s3)c3ccccc23)c1. The fourth-order valence-electron chi connectivity index (χ4n) is 3.08. The smallest absolute Gasteiger partial charge is 0.345 e. The van der Waals surface area contributed by atoms with E-state index in [1.165, 1.54) is 11.3 Å². The first-order valence-corrected chi connectivity index (χ1v) is 9.28. The Bertz CT molecular complexity index is 1110. The molecule has 2 aromatic carbocycles. The number of fused-ring (bicyclic) bond motifs is 1. The number of rotatable bonds is 6. The van der Waals surface area contributed by atoms with Gasteiger partial charge in [-0.15, -0.1) is 11.3 Å². The summed E-state index contributed by atoms with van der Waals surface area (Å²) < 4.78 is 7.32. The molecule has 2 aromatic heterocycles. The number of hydrogen-bond donors (Lipinski definition) is 2. The Kier molecular flexibility index (Phi) is 4.56. The van der Waals surface area contributed by atoms with Crippen LogP contribution in [0.2, 0.25) is 0 Å². The van der Waals surface area contributed by atoms with Gasteiger partial charge in [0, 0.05) is 29.9 Å². The van der Waals surface area contributed by atoms with Gasteiger partial charge in [-0.3, -0.25) is 0 Å². The molecule has 5 nitrogen and oxygen atoms in total. The van der Waals surface area contributed by atoms with Crippen molar-refractivity contribution in [2.45, 2.75) is 6.54 Å². The van der Waals surface area contributed by atoms with E-state index in [9.17, 15) is 9.90 Å². The number of thiophene rings is 1. The van der Waals surface area contributed by atoms with Gasteiger partial charge in [0.05, 0.1) is 12.6 Å². The summed E-state index contributed by atoms with van der Waals surface area (Å²) in [7, 11) is 1.65. The molecule has 0 unspecified atom stereocenters. The molecule has 6 heteroatoms. The van der Waals surface area contributed by atoms with Gasteiger partial charge in [0.1, 0.15) is 15.6 Å². The molecule has 0 fully saturated rings. The fourth-order valence-corrected chi connectivity index (χ4v) is 3.91. The highest BCUT2D eigenvalue weighted by Gasteiger charge is 2.13. The standard InChI is InChI=1S/C21H18N2O3S/c1-26-16-6-4-5-15(11-16)22-12-14-13-23(18-8-3-2-7-17(14)18)20-10-9-19(27-20)21(24)25/h2-11,13,22H,12H2,1H3,(H,24,25). The summed E-state index contributed by atoms with van der Waals surface area (Å²) in [6.45, 7) is 0.651. The van der Waals surface area contributed by atoms with Crippen LogP contribution in [0.25, 0.3) is 15.9 Å². The van der Waals surface area contributed by atoms with Gasteiger partial charge in [0.2, 0.25) is 0 Å². The van der Waals surface area contributed by atoms with Gasteiger partial charge in [-0.1, -0.05) is 24.3 Å². The second-order valence-electron chi connectivity index (χ2n) is 6.07. The molecular weight excluding hydrogens is 360 g/mol. The minimum absolute atomic E-state index is 0.332. The van der Waals surface area contributed by atoms with Crippen LogP contribution in [-0.4, -0.2) is 22.8 Å². The van der Waals surface area contributed by atoms with E-state index in [1.54, 1.807) is 13.2 Å². The number of carboxylic acid groups (broad SMARTS) is 1. The highest BCUT2D eigenvalue weighted by Crippen LogP contribution is 2.29. The summed E-state index contributed by atoms with van der Waals surface area (Å²) in [5.41, 5.74) is 3.17. The molecule has 0 aliphatic rings. The molecule has 2 N–H and O–H groups in total. The first kappa shape index (κ1) is 17.2. The summed E-state index contributed by atoms with van der Waals surface area (Å²) in [4.78, 5) is 11.5. The fraction of sp³-hybridized carbons (Fsp3) is 0.0952. The molecule has 0 amide bonds. The largest absolute Gasteiger partial charge is 0.497 e. The number of anilines is 1. The number of nitrogens with one attached hydrogen (secondary N) is 1. The van der Waals surface area contributed by atoms with Gasteiger partial charge in [0.15, 0.2) is 0 Å². The Morgan fingerprint density at radius 1 is 1.15 bits per heavy atom. The number of nitrogens with zero attached hydrogens (tertiary/aromatic N) is 1. The lowest BCUT2D eigenvalue weighted by Gasteiger charge is -2.07. The number of aromatic nitrogens is 1. The Morgan fingerprint density at radius 3 is 2.78 bits per heavy atom. The average Bonchev–Trinajstić information content (AvgIpc) is 3.32. The van der Waals surface area contributed by atoms with Gasteiger partial charge in [-0.05, 0) is 35.9 Å². The van der Waals surface area contributed by atoms with E-state index in [-0.39, 0.29) is 0 Å². The van der Waals surface area contributed by atoms with Gasteiger partial charge >= 0.3 is 5.97 Å². The number of carbonyl (C=O) groups is 1. The maximum absolute atomic E-state index is 11.2. The number of benzene rings is 2. The Balaban J connectivity index is 1.68. The van der Waals surface area contributed by atoms with Crippen LogP contribution in [0.4, 0.5) is 5.69 Å². The van der Waals surface area contributed by atoms with Crippen LogP contribution in [0, 0.1) is 0 Å². The highest BCUT2D eigenvalue weighted by molar-refractivity contribution is 7.16. The zero-order valence-corrected chi connectivity index (χ0v) is 15.5. The summed E-state index contributed by atoms with van der Waals surface area (Å²) in [6.07, 6.45) is 2.06. The van der Waals surface area contributed by atoms with Crippen molar-refractivity contribution in [3.63, 3.8) is 0 Å². The first-order chi connectivity index (χ1) is 13.2. The van der Waals surface area contributed by atoms with E-state index in [2.05, 4.69) is 22.1 Å². The van der Waals surface area contributed by atoms with Crippen molar-refractivity contribution in [1.29, 1.82) is 0 Å². The van der Waals surface area contributed by atoms with Crippen LogP contribution in [0.1, 0.15) is 15.2 Å². The van der Waals surface area contributed by atoms with Gasteiger partial charge in [-0.25, -0.2) is 4.79 Å². The molecule has 0 aliphatic carbocycles. The molecule has 0 aliphatic heterocycles. The lowest BCUT2D eigenvalue weighted by Crippen LogP contribution is -1.99. The number of ether oxygens (including phenoxy) is 1. The van der Waals surface area contributed by atoms with Crippen molar-refractivity contribution in [2.75, 3.05) is 12.4 Å². The third-order valence-corrected chi connectivity index (χ3v) is 5.46. The van der Waals surface area contributed by atoms with Gasteiger partial charge < -0.3 is 19.7 Å². The van der Waals surface area contributed by atoms with E-state index in [1.807, 2.05) is 48.5 Å². The zero-order valence-electron chi connectivity index (χ0n) is 14.7. The first-order valence-electron chi connectivity index (χ1n) is 8.46. The molecule has 0 bridgehead atoms. The van der Waals surface area contributed by atoms with Crippen LogP contribution in [-0.2, 0) is 6.54 Å². The number of hydrogen-bond acceptors (Lipinski definition) is 4. The molecule has 0 radical (unpaired) electrons. The van der Waals surface area contributed by atoms with Crippen molar-refractivity contribution in [2.24, 2.45) is 0 Å². The number of aromatic carboxylic acids is 1. The third-order valence-electron chi connectivity index (χ3n) is 4.39. The minimum atomic E-state index is -0.900. The number of methoxy groups -OCH3 is 1. The molecule has 2 heterocycles. The summed E-state index contributed by atoms with van der Waals surface area (Å²) in [6, 6.07) is 19.4. The lowest BCUT2D eigenvalue weighted by molar-refractivity contribution is 0.0702. The minimum Gasteiger partial charge on any atom is -0.497 e. The molecule has 4 rings (SSSR count). The molecular formula is C21H18N2O3S.